The average Bonchev–Trinajstić information content (AvgIpc) is 3.00. The molecular formula is C18H24. The van der Waals surface area contributed by atoms with Crippen LogP contribution >= 0.6 is 0 Å². The van der Waals surface area contributed by atoms with Gasteiger partial charge in [0.05, 0.1) is 0 Å². The van der Waals surface area contributed by atoms with E-state index in [1.807, 2.05) is 0 Å². The molecule has 0 aromatic rings. The van der Waals surface area contributed by atoms with Crippen molar-refractivity contribution in [3.63, 3.8) is 0 Å². The van der Waals surface area contributed by atoms with Crippen molar-refractivity contribution < 1.29 is 0 Å². The third-order valence-electron chi connectivity index (χ3n) is 5.04. The topological polar surface area (TPSA) is 0 Å². The lowest BCUT2D eigenvalue weighted by Gasteiger charge is -2.30. The predicted octanol–water partition coefficient (Wildman–Crippen LogP) is 5.35. The van der Waals surface area contributed by atoms with Gasteiger partial charge in [0, 0.05) is 5.92 Å². The lowest BCUT2D eigenvalue weighted by atomic mass is 9.74. The molecule has 0 N–H and O–H groups in total. The molecule has 0 heterocycles. The zero-order valence-corrected chi connectivity index (χ0v) is 11.9. The van der Waals surface area contributed by atoms with Gasteiger partial charge in [-0.1, -0.05) is 55.2 Å². The van der Waals surface area contributed by atoms with Crippen molar-refractivity contribution in [2.24, 2.45) is 11.8 Å². The third-order valence-corrected chi connectivity index (χ3v) is 5.04. The van der Waals surface area contributed by atoms with Gasteiger partial charge in [-0.25, -0.2) is 0 Å². The van der Waals surface area contributed by atoms with Crippen LogP contribution in [0.4, 0.5) is 0 Å². The summed E-state index contributed by atoms with van der Waals surface area (Å²) in [5.41, 5.74) is 8.57. The van der Waals surface area contributed by atoms with Gasteiger partial charge in [-0.15, -0.1) is 0 Å². The van der Waals surface area contributed by atoms with Gasteiger partial charge in [-0.2, -0.15) is 0 Å². The Labute approximate surface area is 111 Å². The van der Waals surface area contributed by atoms with Crippen molar-refractivity contribution in [3.8, 4) is 0 Å². The summed E-state index contributed by atoms with van der Waals surface area (Å²) < 4.78 is 0. The highest BCUT2D eigenvalue weighted by atomic mass is 14.5. The first-order valence-electron chi connectivity index (χ1n) is 7.52. The molecule has 0 aromatic heterocycles. The minimum absolute atomic E-state index is 0.756. The van der Waals surface area contributed by atoms with Crippen molar-refractivity contribution in [3.05, 3.63) is 46.1 Å². The van der Waals surface area contributed by atoms with Crippen LogP contribution in [0.1, 0.15) is 52.9 Å². The zero-order valence-electron chi connectivity index (χ0n) is 11.9. The second kappa shape index (κ2) is 4.57. The SMILES string of the molecule is CCCC1C2=C(CCC3=CC=CC3)C(C)C1=C2C. The number of hydrogen-bond donors (Lipinski definition) is 0. The summed E-state index contributed by atoms with van der Waals surface area (Å²) in [4.78, 5) is 0. The minimum atomic E-state index is 0.756. The largest absolute Gasteiger partial charge is 0.0805 e. The van der Waals surface area contributed by atoms with Gasteiger partial charge < -0.3 is 0 Å². The Morgan fingerprint density at radius 1 is 1.28 bits per heavy atom. The maximum absolute atomic E-state index is 2.43. The molecule has 0 aromatic carbocycles. The summed E-state index contributed by atoms with van der Waals surface area (Å²) >= 11 is 0. The monoisotopic (exact) mass is 240 g/mol. The number of rotatable bonds is 5. The highest BCUT2D eigenvalue weighted by Gasteiger charge is 2.44. The Kier molecular flexibility index (Phi) is 3.05. The molecule has 18 heavy (non-hydrogen) atoms. The Hall–Kier alpha value is -1.04. The second-order valence-electron chi connectivity index (χ2n) is 6.04. The third kappa shape index (κ3) is 1.66. The normalized spacial score (nSPS) is 29.2. The molecule has 0 nitrogen and oxygen atoms in total. The number of allylic oxidation sites excluding steroid dienone is 8. The highest BCUT2D eigenvalue weighted by Crippen LogP contribution is 2.58. The lowest BCUT2D eigenvalue weighted by molar-refractivity contribution is 0.574. The molecule has 0 saturated heterocycles. The molecule has 2 unspecified atom stereocenters. The van der Waals surface area contributed by atoms with Gasteiger partial charge in [-0.3, -0.25) is 0 Å². The van der Waals surface area contributed by atoms with E-state index >= 15 is 0 Å². The molecular weight excluding hydrogens is 216 g/mol. The molecule has 0 amide bonds. The van der Waals surface area contributed by atoms with Crippen molar-refractivity contribution in [1.82, 2.24) is 0 Å². The maximum Gasteiger partial charge on any atom is 0.00621 e. The van der Waals surface area contributed by atoms with Crippen LogP contribution in [0.25, 0.3) is 0 Å². The van der Waals surface area contributed by atoms with Crippen LogP contribution in [0.2, 0.25) is 0 Å². The van der Waals surface area contributed by atoms with E-state index in [-0.39, 0.29) is 0 Å². The molecule has 2 bridgehead atoms. The van der Waals surface area contributed by atoms with E-state index in [0.717, 1.165) is 11.8 Å². The molecule has 0 spiro atoms. The Bertz CT molecular complexity index is 482. The maximum atomic E-state index is 2.43. The Balaban J connectivity index is 1.70. The summed E-state index contributed by atoms with van der Waals surface area (Å²) in [7, 11) is 0. The van der Waals surface area contributed by atoms with Gasteiger partial charge in [0.1, 0.15) is 0 Å². The summed E-state index contributed by atoms with van der Waals surface area (Å²) in [5, 5.41) is 0. The van der Waals surface area contributed by atoms with E-state index in [9.17, 15) is 0 Å². The van der Waals surface area contributed by atoms with E-state index in [0.29, 0.717) is 0 Å². The Morgan fingerprint density at radius 3 is 2.78 bits per heavy atom. The van der Waals surface area contributed by atoms with Gasteiger partial charge in [0.2, 0.25) is 0 Å². The molecule has 0 aliphatic heterocycles. The van der Waals surface area contributed by atoms with Gasteiger partial charge >= 0.3 is 0 Å². The molecule has 4 rings (SSSR count). The van der Waals surface area contributed by atoms with Gasteiger partial charge in [-0.05, 0) is 49.7 Å². The molecule has 96 valence electrons. The van der Waals surface area contributed by atoms with Crippen molar-refractivity contribution >= 4 is 0 Å². The van der Waals surface area contributed by atoms with Crippen molar-refractivity contribution in [2.75, 3.05) is 0 Å². The first-order valence-corrected chi connectivity index (χ1v) is 7.52. The van der Waals surface area contributed by atoms with Crippen LogP contribution < -0.4 is 0 Å². The van der Waals surface area contributed by atoms with Crippen LogP contribution in [0.3, 0.4) is 0 Å². The van der Waals surface area contributed by atoms with Crippen molar-refractivity contribution in [2.45, 2.75) is 52.9 Å². The summed E-state index contributed by atoms with van der Waals surface area (Å²) in [5.74, 6) is 1.60. The van der Waals surface area contributed by atoms with E-state index in [1.54, 1.807) is 27.9 Å². The fraction of sp³-hybridized carbons (Fsp3) is 0.556. The predicted molar refractivity (Wildman–Crippen MR) is 78.4 cm³/mol. The lowest BCUT2D eigenvalue weighted by Crippen LogP contribution is -2.16. The summed E-state index contributed by atoms with van der Waals surface area (Å²) in [6, 6.07) is 0. The van der Waals surface area contributed by atoms with Crippen LogP contribution in [-0.4, -0.2) is 0 Å². The minimum Gasteiger partial charge on any atom is -0.0805 e. The van der Waals surface area contributed by atoms with E-state index in [1.165, 1.54) is 32.1 Å². The fourth-order valence-corrected chi connectivity index (χ4v) is 4.18. The number of hydrogen-bond acceptors (Lipinski definition) is 0. The number of fused-ring (bicyclic) bond motifs is 1. The Morgan fingerprint density at radius 2 is 2.11 bits per heavy atom. The molecule has 0 saturated carbocycles. The van der Waals surface area contributed by atoms with Crippen LogP contribution in [-0.2, 0) is 0 Å². The summed E-state index contributed by atoms with van der Waals surface area (Å²) in [6.07, 6.45) is 13.2. The molecule has 0 heteroatoms. The van der Waals surface area contributed by atoms with Gasteiger partial charge in [0.15, 0.2) is 0 Å². The second-order valence-corrected chi connectivity index (χ2v) is 6.04. The zero-order chi connectivity index (χ0) is 12.7. The first kappa shape index (κ1) is 12.0. The average molecular weight is 240 g/mol. The fourth-order valence-electron chi connectivity index (χ4n) is 4.18. The molecule has 4 aliphatic rings. The summed E-state index contributed by atoms with van der Waals surface area (Å²) in [6.45, 7) is 7.09. The van der Waals surface area contributed by atoms with Crippen molar-refractivity contribution in [1.29, 1.82) is 0 Å². The molecule has 4 aliphatic carbocycles. The molecule has 0 radical (unpaired) electrons. The van der Waals surface area contributed by atoms with E-state index in [2.05, 4.69) is 39.0 Å². The highest BCUT2D eigenvalue weighted by molar-refractivity contribution is 5.63. The molecule has 0 fully saturated rings. The quantitative estimate of drug-likeness (QED) is 0.608. The van der Waals surface area contributed by atoms with E-state index < -0.39 is 0 Å². The van der Waals surface area contributed by atoms with Crippen LogP contribution in [0.15, 0.2) is 46.1 Å². The van der Waals surface area contributed by atoms with Crippen LogP contribution in [0, 0.1) is 11.8 Å². The van der Waals surface area contributed by atoms with Crippen LogP contribution in [0.5, 0.6) is 0 Å². The smallest absolute Gasteiger partial charge is 0.00621 e. The van der Waals surface area contributed by atoms with Gasteiger partial charge in [0.25, 0.3) is 0 Å². The first-order chi connectivity index (χ1) is 8.74. The van der Waals surface area contributed by atoms with E-state index in [4.69, 9.17) is 0 Å². The standard InChI is InChI=1S/C18H24/c1-4-7-16-17-12(2)15(18(16)13(17)3)11-10-14-8-5-6-9-14/h5-6,8,12,16H,4,7,9-11H2,1-3H3. The molecule has 2 atom stereocenters.